The van der Waals surface area contributed by atoms with E-state index in [0.29, 0.717) is 12.8 Å². The fourth-order valence-electron chi connectivity index (χ4n) is 5.29. The summed E-state index contributed by atoms with van der Waals surface area (Å²) < 4.78 is 15.8. The Kier molecular flexibility index (Phi) is 33.3. The molecule has 0 rings (SSSR count). The Labute approximate surface area is 257 Å². The zero-order valence-electron chi connectivity index (χ0n) is 27.3. The molecular weight excluding hydrogens is 531 g/mol. The summed E-state index contributed by atoms with van der Waals surface area (Å²) in [4.78, 5) is 24.4. The van der Waals surface area contributed by atoms with Gasteiger partial charge in [-0.3, -0.25) is 9.59 Å². The molecule has 0 radical (unpaired) electrons. The molecule has 0 N–H and O–H groups in total. The van der Waals surface area contributed by atoms with Crippen molar-refractivity contribution in [1.82, 2.24) is 0 Å². The largest absolute Gasteiger partial charge is 0.558 e. The van der Waals surface area contributed by atoms with Crippen molar-refractivity contribution in [2.45, 2.75) is 200 Å². The van der Waals surface area contributed by atoms with Crippen molar-refractivity contribution in [2.75, 3.05) is 13.2 Å². The molecule has 0 aromatic rings. The number of unbranched alkanes of at least 4 members (excludes halogenated alkanes) is 24. The van der Waals surface area contributed by atoms with Crippen LogP contribution in [0.3, 0.4) is 0 Å². The van der Waals surface area contributed by atoms with Crippen LogP contribution in [0.5, 0.6) is 0 Å². The molecular formula is C35H68O5P-. The van der Waals surface area contributed by atoms with Crippen LogP contribution in [0.15, 0.2) is 0 Å². The lowest BCUT2D eigenvalue weighted by atomic mass is 10.0. The van der Waals surface area contributed by atoms with Gasteiger partial charge in [-0.05, 0) is 12.8 Å². The molecule has 0 aliphatic heterocycles. The smallest absolute Gasteiger partial charge is 0.306 e. The van der Waals surface area contributed by atoms with Crippen LogP contribution >= 0.6 is 9.47 Å². The van der Waals surface area contributed by atoms with Gasteiger partial charge in [-0.2, -0.15) is 0 Å². The van der Waals surface area contributed by atoms with Gasteiger partial charge in [0.25, 0.3) is 0 Å². The molecule has 0 amide bonds. The van der Waals surface area contributed by atoms with Crippen LogP contribution in [0.4, 0.5) is 0 Å². The van der Waals surface area contributed by atoms with E-state index in [-0.39, 0.29) is 25.2 Å². The lowest BCUT2D eigenvalue weighted by Crippen LogP contribution is -2.28. The van der Waals surface area contributed by atoms with Gasteiger partial charge in [0.15, 0.2) is 6.10 Å². The molecule has 0 fully saturated rings. The van der Waals surface area contributed by atoms with E-state index in [0.717, 1.165) is 25.7 Å². The van der Waals surface area contributed by atoms with Gasteiger partial charge in [-0.25, -0.2) is 0 Å². The van der Waals surface area contributed by atoms with E-state index in [9.17, 15) is 9.59 Å². The van der Waals surface area contributed by atoms with Crippen molar-refractivity contribution in [3.8, 4) is 0 Å². The Hall–Kier alpha value is -0.670. The molecule has 244 valence electrons. The first-order chi connectivity index (χ1) is 20.1. The third-order valence-corrected chi connectivity index (χ3v) is 8.13. The highest BCUT2D eigenvalue weighted by molar-refractivity contribution is 7.09. The van der Waals surface area contributed by atoms with Gasteiger partial charge in [0.05, 0.1) is 6.61 Å². The monoisotopic (exact) mass is 599 g/mol. The first-order valence-electron chi connectivity index (χ1n) is 17.8. The number of carbonyl (C=O) groups excluding carboxylic acids is 2. The van der Waals surface area contributed by atoms with Crippen LogP contribution in [-0.4, -0.2) is 31.3 Å². The van der Waals surface area contributed by atoms with E-state index < -0.39 is 6.10 Å². The van der Waals surface area contributed by atoms with Crippen LogP contribution in [0.25, 0.3) is 0 Å². The molecule has 0 saturated carbocycles. The standard InChI is InChI=1S/C35H68O5P/c1-3-5-7-9-11-13-15-17-19-21-23-25-27-29-34(36)38-31-33(32-39-41)40-35(37)30-28-26-24-22-20-18-16-14-12-10-8-6-4-2/h33,41H,3-32H2,1-2H3/q-1. The Bertz CT molecular complexity index is 557. The lowest BCUT2D eigenvalue weighted by Gasteiger charge is -2.20. The van der Waals surface area contributed by atoms with E-state index in [1.54, 1.807) is 0 Å². The minimum Gasteiger partial charge on any atom is -0.558 e. The first-order valence-corrected chi connectivity index (χ1v) is 18.2. The van der Waals surface area contributed by atoms with Crippen molar-refractivity contribution in [3.05, 3.63) is 0 Å². The van der Waals surface area contributed by atoms with E-state index >= 15 is 0 Å². The Morgan fingerprint density at radius 2 is 0.780 bits per heavy atom. The van der Waals surface area contributed by atoms with Crippen LogP contribution in [0.2, 0.25) is 0 Å². The van der Waals surface area contributed by atoms with E-state index in [1.165, 1.54) is 141 Å². The van der Waals surface area contributed by atoms with Crippen molar-refractivity contribution < 1.29 is 23.6 Å². The maximum Gasteiger partial charge on any atom is 0.306 e. The minimum atomic E-state index is -0.572. The molecule has 6 heteroatoms. The van der Waals surface area contributed by atoms with Crippen LogP contribution in [-0.2, 0) is 23.6 Å². The Balaban J connectivity index is 3.63. The third kappa shape index (κ3) is 32.1. The summed E-state index contributed by atoms with van der Waals surface area (Å²) in [6.07, 6.45) is 33.5. The van der Waals surface area contributed by atoms with Crippen molar-refractivity contribution >= 4 is 21.4 Å². The predicted octanol–water partition coefficient (Wildman–Crippen LogP) is 11.5. The molecule has 1 atom stereocenters. The second kappa shape index (κ2) is 33.8. The summed E-state index contributed by atoms with van der Waals surface area (Å²) in [6, 6.07) is 0. The number of hydrogen-bond acceptors (Lipinski definition) is 5. The first kappa shape index (κ1) is 40.3. The van der Waals surface area contributed by atoms with Gasteiger partial charge >= 0.3 is 11.9 Å². The molecule has 5 nitrogen and oxygen atoms in total. The highest BCUT2D eigenvalue weighted by atomic mass is 31.0. The van der Waals surface area contributed by atoms with Gasteiger partial charge in [0.1, 0.15) is 6.61 Å². The molecule has 1 unspecified atom stereocenters. The van der Waals surface area contributed by atoms with Gasteiger partial charge in [-0.1, -0.05) is 168 Å². The molecule has 0 saturated heterocycles. The molecule has 0 spiro atoms. The maximum atomic E-state index is 12.2. The minimum absolute atomic E-state index is 0.0477. The molecule has 0 aliphatic rings. The quantitative estimate of drug-likeness (QED) is 0.0426. The number of rotatable bonds is 33. The summed E-state index contributed by atoms with van der Waals surface area (Å²) >= 11 is 0. The van der Waals surface area contributed by atoms with Gasteiger partial charge in [-0.15, -0.1) is 0 Å². The van der Waals surface area contributed by atoms with E-state index in [1.807, 2.05) is 0 Å². The fraction of sp³-hybridized carbons (Fsp3) is 0.943. The normalized spacial score (nSPS) is 12.0. The highest BCUT2D eigenvalue weighted by Gasteiger charge is 2.16. The fourth-order valence-corrected chi connectivity index (χ4v) is 5.47. The Morgan fingerprint density at radius 1 is 0.463 bits per heavy atom. The lowest BCUT2D eigenvalue weighted by molar-refractivity contribution is -0.160. The molecule has 0 aliphatic carbocycles. The maximum absolute atomic E-state index is 12.2. The molecule has 0 heterocycles. The predicted molar refractivity (Wildman–Crippen MR) is 176 cm³/mol. The SMILES string of the molecule is CCCCCCCCCCCCCCCC(=O)OCC(CO[PH-])OC(=O)CCCCCCCCCCCCCCC. The summed E-state index contributed by atoms with van der Waals surface area (Å²) in [5.41, 5.74) is 0. The summed E-state index contributed by atoms with van der Waals surface area (Å²) in [7, 11) is 2.98. The highest BCUT2D eigenvalue weighted by Crippen LogP contribution is 2.15. The van der Waals surface area contributed by atoms with Crippen LogP contribution in [0.1, 0.15) is 194 Å². The number of hydrogen-bond donors (Lipinski definition) is 0. The van der Waals surface area contributed by atoms with Crippen molar-refractivity contribution in [1.29, 1.82) is 0 Å². The van der Waals surface area contributed by atoms with Gasteiger partial charge in [0.2, 0.25) is 0 Å². The van der Waals surface area contributed by atoms with Gasteiger partial charge < -0.3 is 23.5 Å². The molecule has 0 bridgehead atoms. The number of carbonyl (C=O) groups is 2. The van der Waals surface area contributed by atoms with E-state index in [2.05, 4.69) is 23.3 Å². The number of ether oxygens (including phenoxy) is 2. The van der Waals surface area contributed by atoms with Crippen molar-refractivity contribution in [2.24, 2.45) is 0 Å². The molecule has 0 aromatic heterocycles. The second-order valence-electron chi connectivity index (χ2n) is 12.1. The summed E-state index contributed by atoms with van der Waals surface area (Å²) in [5.74, 6) is -0.464. The van der Waals surface area contributed by atoms with E-state index in [4.69, 9.17) is 14.0 Å². The Morgan fingerprint density at radius 3 is 1.12 bits per heavy atom. The topological polar surface area (TPSA) is 61.8 Å². The average Bonchev–Trinajstić information content (AvgIpc) is 2.96. The molecule has 0 aromatic carbocycles. The van der Waals surface area contributed by atoms with Crippen LogP contribution < -0.4 is 0 Å². The zero-order chi connectivity index (χ0) is 30.1. The summed E-state index contributed by atoms with van der Waals surface area (Å²) in [6.45, 7) is 4.74. The zero-order valence-corrected chi connectivity index (χ0v) is 28.3. The van der Waals surface area contributed by atoms with Crippen LogP contribution in [0, 0.1) is 0 Å². The number of esters is 2. The molecule has 41 heavy (non-hydrogen) atoms. The van der Waals surface area contributed by atoms with Gasteiger partial charge in [0, 0.05) is 12.8 Å². The van der Waals surface area contributed by atoms with Crippen molar-refractivity contribution in [3.63, 3.8) is 0 Å². The third-order valence-electron chi connectivity index (χ3n) is 7.97. The average molecular weight is 600 g/mol. The summed E-state index contributed by atoms with van der Waals surface area (Å²) in [5, 5.41) is 0. The second-order valence-corrected chi connectivity index (χ2v) is 12.4.